The fraction of sp³-hybridized carbons (Fsp3) is 0.625. The van der Waals surface area contributed by atoms with Crippen molar-refractivity contribution in [3.05, 3.63) is 28.2 Å². The quantitative estimate of drug-likeness (QED) is 0.866. The topological polar surface area (TPSA) is 15.3 Å². The number of nitrogens with one attached hydrogen (secondary N) is 1. The molecule has 0 bridgehead atoms. The molecule has 1 aliphatic heterocycles. The van der Waals surface area contributed by atoms with E-state index in [1.54, 1.807) is 0 Å². The van der Waals surface area contributed by atoms with Gasteiger partial charge in [0.2, 0.25) is 0 Å². The van der Waals surface area contributed by atoms with Crippen LogP contribution < -0.4 is 10.2 Å². The average Bonchev–Trinajstić information content (AvgIpc) is 2.40. The lowest BCUT2D eigenvalue weighted by molar-refractivity contribution is 0.588. The monoisotopic (exact) mass is 356 g/mol. The molecule has 4 heteroatoms. The fourth-order valence-corrected chi connectivity index (χ4v) is 4.24. The summed E-state index contributed by atoms with van der Waals surface area (Å²) in [6.45, 7) is 11.1. The molecule has 2 nitrogen and oxygen atoms in total. The number of nitrogens with zero attached hydrogens (tertiary/aromatic N) is 1. The largest absolute Gasteiger partial charge is 0.366 e. The summed E-state index contributed by atoms with van der Waals surface area (Å²) in [5.74, 6) is 1.22. The highest BCUT2D eigenvalue weighted by molar-refractivity contribution is 9.10. The predicted molar refractivity (Wildman–Crippen MR) is 94.8 cm³/mol. The van der Waals surface area contributed by atoms with Gasteiger partial charge in [0.15, 0.2) is 0 Å². The maximum Gasteiger partial charge on any atom is 0.0513 e. The van der Waals surface area contributed by atoms with Gasteiger partial charge in [0.1, 0.15) is 0 Å². The Labute approximate surface area is 135 Å². The van der Waals surface area contributed by atoms with E-state index in [9.17, 15) is 0 Å². The van der Waals surface area contributed by atoms with Crippen LogP contribution >= 0.6 is 27.7 Å². The number of hydrogen-bond donors (Lipinski definition) is 1. The minimum atomic E-state index is 0.522. The summed E-state index contributed by atoms with van der Waals surface area (Å²) >= 11 is 5.84. The highest BCUT2D eigenvalue weighted by Crippen LogP contribution is 2.34. The van der Waals surface area contributed by atoms with Crippen molar-refractivity contribution in [3.8, 4) is 0 Å². The number of benzene rings is 1. The Balaban J connectivity index is 2.12. The van der Waals surface area contributed by atoms with Crippen LogP contribution in [0.3, 0.4) is 0 Å². The molecular weight excluding hydrogens is 332 g/mol. The van der Waals surface area contributed by atoms with E-state index in [1.165, 1.54) is 21.5 Å². The second kappa shape index (κ2) is 7.19. The molecule has 0 aromatic heterocycles. The Kier molecular flexibility index (Phi) is 5.82. The fourth-order valence-electron chi connectivity index (χ4n) is 2.49. The maximum atomic E-state index is 3.76. The van der Waals surface area contributed by atoms with Crippen molar-refractivity contribution in [2.24, 2.45) is 0 Å². The van der Waals surface area contributed by atoms with Gasteiger partial charge in [-0.2, -0.15) is 11.8 Å². The average molecular weight is 357 g/mol. The second-order valence-corrected chi connectivity index (χ2v) is 8.17. The highest BCUT2D eigenvalue weighted by Gasteiger charge is 2.26. The van der Waals surface area contributed by atoms with Gasteiger partial charge in [-0.3, -0.25) is 0 Å². The molecule has 2 unspecified atom stereocenters. The van der Waals surface area contributed by atoms with Gasteiger partial charge in [-0.05, 0) is 40.5 Å². The lowest BCUT2D eigenvalue weighted by Crippen LogP contribution is -2.44. The number of thioether (sulfide) groups is 1. The molecule has 0 amide bonds. The third kappa shape index (κ3) is 3.92. The Morgan fingerprint density at radius 3 is 2.80 bits per heavy atom. The molecule has 0 radical (unpaired) electrons. The summed E-state index contributed by atoms with van der Waals surface area (Å²) < 4.78 is 1.21. The van der Waals surface area contributed by atoms with Gasteiger partial charge in [-0.25, -0.2) is 0 Å². The van der Waals surface area contributed by atoms with Gasteiger partial charge >= 0.3 is 0 Å². The van der Waals surface area contributed by atoms with Crippen LogP contribution in [0.25, 0.3) is 0 Å². The zero-order valence-electron chi connectivity index (χ0n) is 12.8. The highest BCUT2D eigenvalue weighted by atomic mass is 79.9. The summed E-state index contributed by atoms with van der Waals surface area (Å²) in [5.41, 5.74) is 2.67. The Morgan fingerprint density at radius 2 is 2.15 bits per heavy atom. The first-order chi connectivity index (χ1) is 9.49. The molecule has 1 saturated heterocycles. The lowest BCUT2D eigenvalue weighted by Gasteiger charge is -2.39. The first-order valence-corrected chi connectivity index (χ1v) is 9.23. The molecule has 0 aliphatic carbocycles. The molecule has 0 spiro atoms. The van der Waals surface area contributed by atoms with Gasteiger partial charge in [0, 0.05) is 40.6 Å². The summed E-state index contributed by atoms with van der Waals surface area (Å²) in [6, 6.07) is 7.87. The maximum absolute atomic E-state index is 3.76. The van der Waals surface area contributed by atoms with E-state index in [1.807, 2.05) is 0 Å². The smallest absolute Gasteiger partial charge is 0.0513 e. The van der Waals surface area contributed by atoms with Crippen molar-refractivity contribution in [2.75, 3.05) is 17.2 Å². The number of hydrogen-bond acceptors (Lipinski definition) is 3. The summed E-state index contributed by atoms with van der Waals surface area (Å²) in [5, 5.41) is 4.16. The summed E-state index contributed by atoms with van der Waals surface area (Å²) in [4.78, 5) is 2.53. The van der Waals surface area contributed by atoms with E-state index in [-0.39, 0.29) is 0 Å². The van der Waals surface area contributed by atoms with Gasteiger partial charge in [-0.15, -0.1) is 0 Å². The first-order valence-electron chi connectivity index (χ1n) is 7.39. The van der Waals surface area contributed by atoms with Crippen LogP contribution in [0, 0.1) is 0 Å². The van der Waals surface area contributed by atoms with E-state index in [4.69, 9.17) is 0 Å². The Morgan fingerprint density at radius 1 is 1.40 bits per heavy atom. The molecule has 20 heavy (non-hydrogen) atoms. The molecule has 2 rings (SSSR count). The summed E-state index contributed by atoms with van der Waals surface area (Å²) in [7, 11) is 0. The second-order valence-electron chi connectivity index (χ2n) is 5.83. The van der Waals surface area contributed by atoms with E-state index in [0.29, 0.717) is 17.3 Å². The Bertz CT molecular complexity index is 450. The molecule has 112 valence electrons. The van der Waals surface area contributed by atoms with Crippen LogP contribution in [0.5, 0.6) is 0 Å². The molecule has 1 aromatic carbocycles. The van der Waals surface area contributed by atoms with Crippen molar-refractivity contribution in [3.63, 3.8) is 0 Å². The molecule has 1 N–H and O–H groups in total. The minimum Gasteiger partial charge on any atom is -0.366 e. The van der Waals surface area contributed by atoms with Gasteiger partial charge in [0.25, 0.3) is 0 Å². The third-order valence-corrected chi connectivity index (χ3v) is 5.89. The lowest BCUT2D eigenvalue weighted by atomic mass is 10.1. The van der Waals surface area contributed by atoms with Gasteiger partial charge < -0.3 is 10.2 Å². The van der Waals surface area contributed by atoms with Gasteiger partial charge in [0.05, 0.1) is 5.69 Å². The zero-order valence-corrected chi connectivity index (χ0v) is 15.2. The molecular formula is C16H25BrN2S. The number of rotatable bonds is 4. The SMILES string of the molecule is CC(C)NCc1ccc(N2CCSC(C)C2C)c(Br)c1. The van der Waals surface area contributed by atoms with Crippen LogP contribution in [-0.4, -0.2) is 29.6 Å². The van der Waals surface area contributed by atoms with E-state index in [2.05, 4.69) is 83.8 Å². The van der Waals surface area contributed by atoms with E-state index >= 15 is 0 Å². The van der Waals surface area contributed by atoms with Crippen LogP contribution in [0.2, 0.25) is 0 Å². The minimum absolute atomic E-state index is 0.522. The van der Waals surface area contributed by atoms with Crippen molar-refractivity contribution in [2.45, 2.75) is 51.6 Å². The molecule has 1 aromatic rings. The van der Waals surface area contributed by atoms with Crippen molar-refractivity contribution in [1.29, 1.82) is 0 Å². The molecule has 0 saturated carbocycles. The summed E-state index contributed by atoms with van der Waals surface area (Å²) in [6.07, 6.45) is 0. The van der Waals surface area contributed by atoms with E-state index in [0.717, 1.165) is 13.1 Å². The van der Waals surface area contributed by atoms with Crippen LogP contribution in [0.15, 0.2) is 22.7 Å². The first kappa shape index (κ1) is 16.2. The van der Waals surface area contributed by atoms with Crippen LogP contribution in [0.1, 0.15) is 33.3 Å². The zero-order chi connectivity index (χ0) is 14.7. The standard InChI is InChI=1S/C16H25BrN2S/c1-11(2)18-10-14-5-6-16(15(17)9-14)19-7-8-20-13(4)12(19)3/h5-6,9,11-13,18H,7-8,10H2,1-4H3. The van der Waals surface area contributed by atoms with Crippen LogP contribution in [-0.2, 0) is 6.54 Å². The normalized spacial score (nSPS) is 23.4. The molecule has 1 heterocycles. The van der Waals surface area contributed by atoms with Crippen molar-refractivity contribution < 1.29 is 0 Å². The van der Waals surface area contributed by atoms with E-state index < -0.39 is 0 Å². The van der Waals surface area contributed by atoms with Crippen LogP contribution in [0.4, 0.5) is 5.69 Å². The Hall–Kier alpha value is -0.190. The van der Waals surface area contributed by atoms with Crippen molar-refractivity contribution in [1.82, 2.24) is 5.32 Å². The third-order valence-electron chi connectivity index (χ3n) is 3.92. The number of halogens is 1. The molecule has 1 fully saturated rings. The van der Waals surface area contributed by atoms with Crippen molar-refractivity contribution >= 4 is 33.4 Å². The molecule has 2 atom stereocenters. The number of anilines is 1. The predicted octanol–water partition coefficient (Wildman–Crippen LogP) is 4.28. The van der Waals surface area contributed by atoms with Gasteiger partial charge in [-0.1, -0.05) is 26.8 Å². The molecule has 1 aliphatic rings.